The molecule has 0 spiro atoms. The largest absolute Gasteiger partial charge is 0.287 e. The van der Waals surface area contributed by atoms with E-state index in [-0.39, 0.29) is 18.1 Å². The van der Waals surface area contributed by atoms with Crippen LogP contribution in [0.2, 0.25) is 0 Å². The molecular formula is C14H10FN2O+. The number of hydrogen-bond acceptors (Lipinski definition) is 2. The minimum Gasteiger partial charge on any atom is -0.287 e. The normalized spacial score (nSPS) is 9.78. The van der Waals surface area contributed by atoms with Crippen LogP contribution in [-0.4, -0.2) is 5.78 Å². The van der Waals surface area contributed by atoms with Gasteiger partial charge in [-0.1, -0.05) is 0 Å². The summed E-state index contributed by atoms with van der Waals surface area (Å²) in [6, 6.07) is 10.8. The molecule has 0 saturated carbocycles. The zero-order chi connectivity index (χ0) is 13.0. The van der Waals surface area contributed by atoms with Gasteiger partial charge in [0.1, 0.15) is 17.4 Å². The Morgan fingerprint density at radius 2 is 2.00 bits per heavy atom. The molecule has 0 aliphatic rings. The number of ketones is 1. The number of rotatable bonds is 3. The first kappa shape index (κ1) is 11.9. The molecule has 4 heteroatoms. The molecule has 0 fully saturated rings. The molecule has 2 aromatic rings. The van der Waals surface area contributed by atoms with E-state index < -0.39 is 0 Å². The lowest BCUT2D eigenvalue weighted by Crippen LogP contribution is -2.37. The van der Waals surface area contributed by atoms with Crippen LogP contribution < -0.4 is 4.57 Å². The summed E-state index contributed by atoms with van der Waals surface area (Å²) < 4.78 is 14.4. The molecule has 0 aliphatic heterocycles. The van der Waals surface area contributed by atoms with Crippen molar-refractivity contribution in [3.63, 3.8) is 0 Å². The standard InChI is InChI=1S/C14H10FN2O/c15-13-5-3-12(4-6-13)14(18)10-17-7-1-2-11(8-16)9-17/h1-7,9H,10H2/q+1. The first-order chi connectivity index (χ1) is 8.69. The molecule has 0 aliphatic carbocycles. The first-order valence-electron chi connectivity index (χ1n) is 5.37. The van der Waals surface area contributed by atoms with Gasteiger partial charge in [-0.3, -0.25) is 4.79 Å². The summed E-state index contributed by atoms with van der Waals surface area (Å²) >= 11 is 0. The molecule has 88 valence electrons. The van der Waals surface area contributed by atoms with E-state index in [0.717, 1.165) is 0 Å². The maximum Gasteiger partial charge on any atom is 0.227 e. The second-order valence-electron chi connectivity index (χ2n) is 3.81. The van der Waals surface area contributed by atoms with E-state index in [9.17, 15) is 9.18 Å². The summed E-state index contributed by atoms with van der Waals surface area (Å²) in [6.45, 7) is 0.126. The lowest BCUT2D eigenvalue weighted by atomic mass is 10.1. The third kappa shape index (κ3) is 2.77. The zero-order valence-electron chi connectivity index (χ0n) is 9.51. The van der Waals surface area contributed by atoms with Crippen LogP contribution in [0.5, 0.6) is 0 Å². The Morgan fingerprint density at radius 3 is 2.67 bits per heavy atom. The molecule has 0 unspecified atom stereocenters. The molecule has 0 amide bonds. The van der Waals surface area contributed by atoms with Crippen molar-refractivity contribution < 1.29 is 13.8 Å². The number of aromatic nitrogens is 1. The second-order valence-corrected chi connectivity index (χ2v) is 3.81. The summed E-state index contributed by atoms with van der Waals surface area (Å²) in [4.78, 5) is 11.9. The molecule has 1 aromatic heterocycles. The molecule has 3 nitrogen and oxygen atoms in total. The number of carbonyl (C=O) groups is 1. The summed E-state index contributed by atoms with van der Waals surface area (Å²) in [5, 5.41) is 8.75. The number of nitriles is 1. The van der Waals surface area contributed by atoms with Crippen molar-refractivity contribution in [3.05, 3.63) is 65.7 Å². The molecule has 18 heavy (non-hydrogen) atoms. The highest BCUT2D eigenvalue weighted by Crippen LogP contribution is 2.03. The van der Waals surface area contributed by atoms with Crippen LogP contribution in [0.3, 0.4) is 0 Å². The van der Waals surface area contributed by atoms with E-state index in [1.165, 1.54) is 24.3 Å². The van der Waals surface area contributed by atoms with Gasteiger partial charge in [0.05, 0.1) is 0 Å². The van der Waals surface area contributed by atoms with E-state index >= 15 is 0 Å². The Bertz CT molecular complexity index is 614. The van der Waals surface area contributed by atoms with Gasteiger partial charge in [0, 0.05) is 11.6 Å². The highest BCUT2D eigenvalue weighted by Gasteiger charge is 2.12. The Kier molecular flexibility index (Phi) is 3.44. The van der Waals surface area contributed by atoms with Crippen LogP contribution in [0, 0.1) is 17.1 Å². The van der Waals surface area contributed by atoms with Crippen molar-refractivity contribution in [2.24, 2.45) is 0 Å². The quantitative estimate of drug-likeness (QED) is 0.608. The SMILES string of the molecule is N#Cc1ccc[n+](CC(=O)c2ccc(F)cc2)c1. The van der Waals surface area contributed by atoms with Crippen molar-refractivity contribution in [2.75, 3.05) is 0 Å². The van der Waals surface area contributed by atoms with Crippen LogP contribution in [0.15, 0.2) is 48.8 Å². The lowest BCUT2D eigenvalue weighted by molar-refractivity contribution is -0.683. The minimum absolute atomic E-state index is 0.126. The average Bonchev–Trinajstić information content (AvgIpc) is 2.39. The number of benzene rings is 1. The van der Waals surface area contributed by atoms with Crippen molar-refractivity contribution in [3.8, 4) is 6.07 Å². The van der Waals surface area contributed by atoms with Gasteiger partial charge in [0.25, 0.3) is 0 Å². The Labute approximate surface area is 104 Å². The van der Waals surface area contributed by atoms with Gasteiger partial charge in [0.2, 0.25) is 12.3 Å². The Morgan fingerprint density at radius 1 is 1.28 bits per heavy atom. The Balaban J connectivity index is 2.16. The van der Waals surface area contributed by atoms with E-state index in [1.807, 2.05) is 6.07 Å². The van der Waals surface area contributed by atoms with Gasteiger partial charge in [-0.15, -0.1) is 0 Å². The van der Waals surface area contributed by atoms with Crippen LogP contribution in [-0.2, 0) is 6.54 Å². The third-order valence-corrected chi connectivity index (χ3v) is 2.48. The molecule has 1 heterocycles. The predicted octanol–water partition coefficient (Wildman–Crippen LogP) is 1.87. The summed E-state index contributed by atoms with van der Waals surface area (Å²) in [6.07, 6.45) is 3.31. The van der Waals surface area contributed by atoms with Crippen LogP contribution in [0.1, 0.15) is 15.9 Å². The molecule has 0 radical (unpaired) electrons. The van der Waals surface area contributed by atoms with Gasteiger partial charge in [-0.05, 0) is 30.3 Å². The Hall–Kier alpha value is -2.54. The summed E-state index contributed by atoms with van der Waals surface area (Å²) in [7, 11) is 0. The zero-order valence-corrected chi connectivity index (χ0v) is 9.51. The molecule has 0 atom stereocenters. The fourth-order valence-electron chi connectivity index (χ4n) is 1.58. The van der Waals surface area contributed by atoms with E-state index in [2.05, 4.69) is 0 Å². The molecule has 0 saturated heterocycles. The molecule has 0 N–H and O–H groups in total. The van der Waals surface area contributed by atoms with E-state index in [1.54, 1.807) is 29.1 Å². The second kappa shape index (κ2) is 5.19. The average molecular weight is 241 g/mol. The van der Waals surface area contributed by atoms with Gasteiger partial charge >= 0.3 is 0 Å². The molecular weight excluding hydrogens is 231 g/mol. The maximum absolute atomic E-state index is 12.7. The fourth-order valence-corrected chi connectivity index (χ4v) is 1.58. The highest BCUT2D eigenvalue weighted by molar-refractivity contribution is 5.94. The number of pyridine rings is 1. The van der Waals surface area contributed by atoms with Crippen molar-refractivity contribution >= 4 is 5.78 Å². The number of Topliss-reactive ketones (excluding diaryl/α,β-unsaturated/α-hetero) is 1. The van der Waals surface area contributed by atoms with Crippen molar-refractivity contribution in [1.29, 1.82) is 5.26 Å². The summed E-state index contributed by atoms with van der Waals surface area (Å²) in [5.74, 6) is -0.499. The highest BCUT2D eigenvalue weighted by atomic mass is 19.1. The number of carbonyl (C=O) groups excluding carboxylic acids is 1. The minimum atomic E-state index is -0.370. The number of hydrogen-bond donors (Lipinski definition) is 0. The van der Waals surface area contributed by atoms with Crippen molar-refractivity contribution in [2.45, 2.75) is 6.54 Å². The van der Waals surface area contributed by atoms with Crippen LogP contribution >= 0.6 is 0 Å². The van der Waals surface area contributed by atoms with Gasteiger partial charge in [0.15, 0.2) is 12.4 Å². The number of halogens is 1. The summed E-state index contributed by atoms with van der Waals surface area (Å²) in [5.41, 5.74) is 0.940. The van der Waals surface area contributed by atoms with Crippen LogP contribution in [0.25, 0.3) is 0 Å². The first-order valence-corrected chi connectivity index (χ1v) is 5.37. The number of nitrogens with zero attached hydrogens (tertiary/aromatic N) is 2. The predicted molar refractivity (Wildman–Crippen MR) is 62.1 cm³/mol. The maximum atomic E-state index is 12.7. The molecule has 0 bridgehead atoms. The smallest absolute Gasteiger partial charge is 0.227 e. The fraction of sp³-hybridized carbons (Fsp3) is 0.0714. The topological polar surface area (TPSA) is 44.7 Å². The monoisotopic (exact) mass is 241 g/mol. The van der Waals surface area contributed by atoms with Crippen molar-refractivity contribution in [1.82, 2.24) is 0 Å². The van der Waals surface area contributed by atoms with Gasteiger partial charge in [-0.25, -0.2) is 4.39 Å². The van der Waals surface area contributed by atoms with E-state index in [4.69, 9.17) is 5.26 Å². The van der Waals surface area contributed by atoms with Gasteiger partial charge < -0.3 is 0 Å². The van der Waals surface area contributed by atoms with Crippen LogP contribution in [0.4, 0.5) is 4.39 Å². The molecule has 1 aromatic carbocycles. The van der Waals surface area contributed by atoms with E-state index in [0.29, 0.717) is 11.1 Å². The lowest BCUT2D eigenvalue weighted by Gasteiger charge is -1.98. The molecule has 2 rings (SSSR count). The van der Waals surface area contributed by atoms with Gasteiger partial charge in [-0.2, -0.15) is 9.83 Å². The third-order valence-electron chi connectivity index (χ3n) is 2.48.